The number of carbonyl (C=O) groups is 1. The number of pyridine rings is 1. The van der Waals surface area contributed by atoms with Crippen LogP contribution in [-0.4, -0.2) is 10.6 Å². The Labute approximate surface area is 142 Å². The first kappa shape index (κ1) is 17.8. The lowest BCUT2D eigenvalue weighted by Gasteiger charge is -2.22. The van der Waals surface area contributed by atoms with Crippen molar-refractivity contribution in [3.05, 3.63) is 64.1 Å². The third-order valence-electron chi connectivity index (χ3n) is 3.90. The standard InChI is InChI=1S/C19H25N3O2/c1-13(2)10-16(15-8-6-5-7-9-15)20-19(24)21-17-12-22(4)18(23)11-14(17)3/h5-9,11-13,16H,10H2,1-4H3,(H2,20,21,24). The fourth-order valence-electron chi connectivity index (χ4n) is 2.61. The molecule has 128 valence electrons. The summed E-state index contributed by atoms with van der Waals surface area (Å²) in [5, 5.41) is 5.88. The molecular formula is C19H25N3O2. The highest BCUT2D eigenvalue weighted by Gasteiger charge is 2.16. The molecular weight excluding hydrogens is 302 g/mol. The first-order valence-electron chi connectivity index (χ1n) is 8.16. The van der Waals surface area contributed by atoms with Gasteiger partial charge in [-0.3, -0.25) is 4.79 Å². The second-order valence-electron chi connectivity index (χ2n) is 6.51. The van der Waals surface area contributed by atoms with Gasteiger partial charge in [-0.05, 0) is 30.4 Å². The highest BCUT2D eigenvalue weighted by molar-refractivity contribution is 5.90. The maximum Gasteiger partial charge on any atom is 0.319 e. The highest BCUT2D eigenvalue weighted by Crippen LogP contribution is 2.21. The number of hydrogen-bond acceptors (Lipinski definition) is 2. The maximum atomic E-state index is 12.4. The van der Waals surface area contributed by atoms with Gasteiger partial charge >= 0.3 is 6.03 Å². The van der Waals surface area contributed by atoms with Crippen LogP contribution in [-0.2, 0) is 7.05 Å². The number of aryl methyl sites for hydroxylation is 2. The van der Waals surface area contributed by atoms with Crippen LogP contribution in [0.25, 0.3) is 0 Å². The molecule has 0 saturated heterocycles. The Morgan fingerprint density at radius 2 is 1.88 bits per heavy atom. The Kier molecular flexibility index (Phi) is 5.79. The molecule has 0 radical (unpaired) electrons. The van der Waals surface area contributed by atoms with Crippen molar-refractivity contribution in [1.29, 1.82) is 0 Å². The number of carbonyl (C=O) groups excluding carboxylic acids is 1. The number of nitrogens with one attached hydrogen (secondary N) is 2. The van der Waals surface area contributed by atoms with Gasteiger partial charge in [0, 0.05) is 19.3 Å². The van der Waals surface area contributed by atoms with Crippen LogP contribution < -0.4 is 16.2 Å². The Morgan fingerprint density at radius 1 is 1.21 bits per heavy atom. The molecule has 0 saturated carbocycles. The number of anilines is 1. The van der Waals surface area contributed by atoms with Gasteiger partial charge in [0.1, 0.15) is 0 Å². The zero-order chi connectivity index (χ0) is 17.7. The van der Waals surface area contributed by atoms with E-state index < -0.39 is 0 Å². The lowest BCUT2D eigenvalue weighted by molar-refractivity contribution is 0.246. The molecule has 0 fully saturated rings. The molecule has 1 aromatic carbocycles. The Balaban J connectivity index is 2.13. The maximum absolute atomic E-state index is 12.4. The van der Waals surface area contributed by atoms with Gasteiger partial charge in [-0.2, -0.15) is 0 Å². The van der Waals surface area contributed by atoms with E-state index in [0.717, 1.165) is 17.5 Å². The summed E-state index contributed by atoms with van der Waals surface area (Å²) in [6.07, 6.45) is 2.49. The van der Waals surface area contributed by atoms with Crippen LogP contribution in [0.4, 0.5) is 10.5 Å². The smallest absolute Gasteiger partial charge is 0.319 e. The van der Waals surface area contributed by atoms with Gasteiger partial charge in [0.05, 0.1) is 11.7 Å². The molecule has 1 heterocycles. The van der Waals surface area contributed by atoms with Gasteiger partial charge in [-0.25, -0.2) is 4.79 Å². The summed E-state index contributed by atoms with van der Waals surface area (Å²) in [5.74, 6) is 0.454. The molecule has 0 aliphatic heterocycles. The lowest BCUT2D eigenvalue weighted by atomic mass is 9.97. The zero-order valence-electron chi connectivity index (χ0n) is 14.7. The summed E-state index contributed by atoms with van der Waals surface area (Å²) < 4.78 is 1.45. The lowest BCUT2D eigenvalue weighted by Crippen LogP contribution is -2.34. The van der Waals surface area contributed by atoms with Crippen molar-refractivity contribution in [2.75, 3.05) is 5.32 Å². The summed E-state index contributed by atoms with van der Waals surface area (Å²) in [6, 6.07) is 11.1. The van der Waals surface area contributed by atoms with Crippen molar-refractivity contribution in [3.8, 4) is 0 Å². The summed E-state index contributed by atoms with van der Waals surface area (Å²) in [4.78, 5) is 24.0. The fraction of sp³-hybridized carbons (Fsp3) is 0.368. The molecule has 0 spiro atoms. The topological polar surface area (TPSA) is 63.1 Å². The van der Waals surface area contributed by atoms with E-state index in [2.05, 4.69) is 24.5 Å². The van der Waals surface area contributed by atoms with Gasteiger partial charge in [0.25, 0.3) is 5.56 Å². The molecule has 1 aromatic heterocycles. The third kappa shape index (κ3) is 4.72. The molecule has 5 nitrogen and oxygen atoms in total. The number of nitrogens with zero attached hydrogens (tertiary/aromatic N) is 1. The predicted octanol–water partition coefficient (Wildman–Crippen LogP) is 3.60. The summed E-state index contributed by atoms with van der Waals surface area (Å²) in [6.45, 7) is 6.07. The monoisotopic (exact) mass is 327 g/mol. The molecule has 5 heteroatoms. The Hall–Kier alpha value is -2.56. The van der Waals surface area contributed by atoms with E-state index in [4.69, 9.17) is 0 Å². The summed E-state index contributed by atoms with van der Waals surface area (Å²) >= 11 is 0. The fourth-order valence-corrected chi connectivity index (χ4v) is 2.61. The number of rotatable bonds is 5. The average Bonchev–Trinajstić information content (AvgIpc) is 2.52. The van der Waals surface area contributed by atoms with Gasteiger partial charge < -0.3 is 15.2 Å². The normalized spacial score (nSPS) is 12.0. The van der Waals surface area contributed by atoms with Gasteiger partial charge in [-0.1, -0.05) is 44.2 Å². The minimum atomic E-state index is -0.272. The molecule has 1 unspecified atom stereocenters. The average molecular weight is 327 g/mol. The predicted molar refractivity (Wildman–Crippen MR) is 97.2 cm³/mol. The van der Waals surface area contributed by atoms with Crippen LogP contribution in [0.1, 0.15) is 37.4 Å². The molecule has 2 rings (SSSR count). The quantitative estimate of drug-likeness (QED) is 0.881. The van der Waals surface area contributed by atoms with E-state index >= 15 is 0 Å². The number of amides is 2. The summed E-state index contributed by atoms with van der Waals surface area (Å²) in [7, 11) is 1.66. The number of benzene rings is 1. The second kappa shape index (κ2) is 7.81. The molecule has 24 heavy (non-hydrogen) atoms. The minimum Gasteiger partial charge on any atom is -0.331 e. The Morgan fingerprint density at radius 3 is 2.50 bits per heavy atom. The number of urea groups is 1. The molecule has 2 amide bonds. The first-order chi connectivity index (χ1) is 11.4. The van der Waals surface area contributed by atoms with E-state index in [0.29, 0.717) is 11.6 Å². The third-order valence-corrected chi connectivity index (χ3v) is 3.90. The van der Waals surface area contributed by atoms with Gasteiger partial charge in [-0.15, -0.1) is 0 Å². The van der Waals surface area contributed by atoms with E-state index in [1.54, 1.807) is 20.2 Å². The number of hydrogen-bond donors (Lipinski definition) is 2. The van der Waals surface area contributed by atoms with E-state index in [1.165, 1.54) is 10.6 Å². The number of aromatic nitrogens is 1. The summed E-state index contributed by atoms with van der Waals surface area (Å²) in [5.41, 5.74) is 2.36. The van der Waals surface area contributed by atoms with Crippen molar-refractivity contribution >= 4 is 11.7 Å². The van der Waals surface area contributed by atoms with Crippen molar-refractivity contribution in [2.45, 2.75) is 33.2 Å². The largest absolute Gasteiger partial charge is 0.331 e. The molecule has 0 bridgehead atoms. The molecule has 2 aromatic rings. The molecule has 0 aliphatic rings. The van der Waals surface area contributed by atoms with E-state index in [9.17, 15) is 9.59 Å². The van der Waals surface area contributed by atoms with E-state index in [1.807, 2.05) is 30.3 Å². The zero-order valence-corrected chi connectivity index (χ0v) is 14.7. The van der Waals surface area contributed by atoms with Crippen LogP contribution in [0.5, 0.6) is 0 Å². The highest BCUT2D eigenvalue weighted by atomic mass is 16.2. The van der Waals surface area contributed by atoms with Crippen molar-refractivity contribution in [1.82, 2.24) is 9.88 Å². The van der Waals surface area contributed by atoms with Crippen LogP contribution in [0, 0.1) is 12.8 Å². The van der Waals surface area contributed by atoms with Crippen LogP contribution in [0.15, 0.2) is 47.4 Å². The van der Waals surface area contributed by atoms with Gasteiger partial charge in [0.2, 0.25) is 0 Å². The second-order valence-corrected chi connectivity index (χ2v) is 6.51. The van der Waals surface area contributed by atoms with Crippen molar-refractivity contribution < 1.29 is 4.79 Å². The molecule has 2 N–H and O–H groups in total. The van der Waals surface area contributed by atoms with Crippen LogP contribution in [0.2, 0.25) is 0 Å². The minimum absolute atomic E-state index is 0.0564. The first-order valence-corrected chi connectivity index (χ1v) is 8.16. The van der Waals surface area contributed by atoms with Crippen LogP contribution in [0.3, 0.4) is 0 Å². The van der Waals surface area contributed by atoms with Gasteiger partial charge in [0.15, 0.2) is 0 Å². The van der Waals surface area contributed by atoms with Crippen LogP contribution >= 0.6 is 0 Å². The van der Waals surface area contributed by atoms with E-state index in [-0.39, 0.29) is 17.6 Å². The SMILES string of the molecule is Cc1cc(=O)n(C)cc1NC(=O)NC(CC(C)C)c1ccccc1. The molecule has 1 atom stereocenters. The van der Waals surface area contributed by atoms with Crippen molar-refractivity contribution in [2.24, 2.45) is 13.0 Å². The Bertz CT molecular complexity index is 751. The van der Waals surface area contributed by atoms with Crippen molar-refractivity contribution in [3.63, 3.8) is 0 Å². The molecule has 0 aliphatic carbocycles.